The van der Waals surface area contributed by atoms with Crippen molar-refractivity contribution in [3.63, 3.8) is 0 Å². The molecule has 0 saturated carbocycles. The van der Waals surface area contributed by atoms with Crippen molar-refractivity contribution >= 4 is 15.5 Å². The molecule has 3 nitrogen and oxygen atoms in total. The van der Waals surface area contributed by atoms with Crippen molar-refractivity contribution in [1.29, 1.82) is 0 Å². The van der Waals surface area contributed by atoms with Gasteiger partial charge in [-0.2, -0.15) is 0 Å². The van der Waals surface area contributed by atoms with Crippen molar-refractivity contribution < 1.29 is 8.42 Å². The molecule has 1 rings (SSSR count). The monoisotopic (exact) mass is 269 g/mol. The summed E-state index contributed by atoms with van der Waals surface area (Å²) < 4.78 is 23.1. The maximum atomic E-state index is 11.6. The number of rotatable bonds is 5. The van der Waals surface area contributed by atoms with Crippen molar-refractivity contribution in [2.24, 2.45) is 5.92 Å². The average molecular weight is 269 g/mol. The van der Waals surface area contributed by atoms with E-state index in [1.165, 1.54) is 6.26 Å². The fourth-order valence-corrected chi connectivity index (χ4v) is 2.57. The normalized spacial score (nSPS) is 13.7. The first kappa shape index (κ1) is 15.0. The van der Waals surface area contributed by atoms with E-state index in [2.05, 4.69) is 26.1 Å². The average Bonchev–Trinajstić information content (AvgIpc) is 2.25. The van der Waals surface area contributed by atoms with Gasteiger partial charge in [-0.3, -0.25) is 0 Å². The van der Waals surface area contributed by atoms with Gasteiger partial charge in [-0.05, 0) is 37.0 Å². The first-order valence-corrected chi connectivity index (χ1v) is 8.22. The van der Waals surface area contributed by atoms with Crippen molar-refractivity contribution in [3.8, 4) is 0 Å². The summed E-state index contributed by atoms with van der Waals surface area (Å²) in [5.41, 5.74) is 1.99. The van der Waals surface area contributed by atoms with E-state index in [1.54, 1.807) is 12.1 Å². The summed E-state index contributed by atoms with van der Waals surface area (Å²) in [6.45, 7) is 8.45. The van der Waals surface area contributed by atoms with Gasteiger partial charge in [-0.1, -0.05) is 26.8 Å². The first-order valence-electron chi connectivity index (χ1n) is 6.33. The van der Waals surface area contributed by atoms with E-state index in [0.717, 1.165) is 17.7 Å². The van der Waals surface area contributed by atoms with Gasteiger partial charge < -0.3 is 5.32 Å². The highest BCUT2D eigenvalue weighted by Crippen LogP contribution is 2.23. The van der Waals surface area contributed by atoms with Crippen LogP contribution in [0.2, 0.25) is 0 Å². The maximum Gasteiger partial charge on any atom is 0.175 e. The Balaban J connectivity index is 3.09. The zero-order chi connectivity index (χ0) is 13.9. The van der Waals surface area contributed by atoms with Gasteiger partial charge in [0.05, 0.1) is 4.90 Å². The minimum Gasteiger partial charge on any atom is -0.382 e. The van der Waals surface area contributed by atoms with Crippen LogP contribution in [-0.2, 0) is 9.84 Å². The molecule has 1 atom stereocenters. The minimum absolute atomic E-state index is 0.360. The lowest BCUT2D eigenvalue weighted by molar-refractivity contribution is 0.511. The SMILES string of the molecule is CCC(Nc1cc(S(C)(=O)=O)ccc1C)C(C)C. The maximum absolute atomic E-state index is 11.6. The third-order valence-electron chi connectivity index (χ3n) is 3.22. The van der Waals surface area contributed by atoms with Crippen LogP contribution < -0.4 is 5.32 Å². The molecule has 0 amide bonds. The number of benzene rings is 1. The second-order valence-corrected chi connectivity index (χ2v) is 7.17. The molecule has 0 aliphatic heterocycles. The van der Waals surface area contributed by atoms with Crippen LogP contribution >= 0.6 is 0 Å². The number of anilines is 1. The lowest BCUT2D eigenvalue weighted by atomic mass is 10.0. The van der Waals surface area contributed by atoms with Gasteiger partial charge >= 0.3 is 0 Å². The lowest BCUT2D eigenvalue weighted by Crippen LogP contribution is -2.25. The van der Waals surface area contributed by atoms with Gasteiger partial charge in [0.15, 0.2) is 9.84 Å². The number of sulfone groups is 1. The quantitative estimate of drug-likeness (QED) is 0.892. The molecule has 0 radical (unpaired) electrons. The fourth-order valence-electron chi connectivity index (χ4n) is 1.93. The van der Waals surface area contributed by atoms with Gasteiger partial charge in [0.1, 0.15) is 0 Å². The Morgan fingerprint density at radius 3 is 2.33 bits per heavy atom. The van der Waals surface area contributed by atoms with Gasteiger partial charge in [0, 0.05) is 18.0 Å². The predicted octanol–water partition coefficient (Wildman–Crippen LogP) is 3.25. The van der Waals surface area contributed by atoms with Crippen molar-refractivity contribution in [2.75, 3.05) is 11.6 Å². The minimum atomic E-state index is -3.14. The van der Waals surface area contributed by atoms with E-state index >= 15 is 0 Å². The molecule has 4 heteroatoms. The molecule has 0 aliphatic carbocycles. The molecule has 18 heavy (non-hydrogen) atoms. The highest BCUT2D eigenvalue weighted by Gasteiger charge is 2.14. The highest BCUT2D eigenvalue weighted by atomic mass is 32.2. The summed E-state index contributed by atoms with van der Waals surface area (Å²) in [6.07, 6.45) is 2.25. The first-order chi connectivity index (χ1) is 8.25. The van der Waals surface area contributed by atoms with E-state index in [4.69, 9.17) is 0 Å². The zero-order valence-electron chi connectivity index (χ0n) is 11.8. The second-order valence-electron chi connectivity index (χ2n) is 5.15. The van der Waals surface area contributed by atoms with E-state index in [9.17, 15) is 8.42 Å². The molecule has 0 saturated heterocycles. The highest BCUT2D eigenvalue weighted by molar-refractivity contribution is 7.90. The second kappa shape index (κ2) is 5.74. The van der Waals surface area contributed by atoms with Crippen LogP contribution in [0.4, 0.5) is 5.69 Å². The van der Waals surface area contributed by atoms with E-state index < -0.39 is 9.84 Å². The van der Waals surface area contributed by atoms with Gasteiger partial charge in [-0.15, -0.1) is 0 Å². The molecule has 1 N–H and O–H groups in total. The number of nitrogens with one attached hydrogen (secondary N) is 1. The molecule has 0 spiro atoms. The largest absolute Gasteiger partial charge is 0.382 e. The third kappa shape index (κ3) is 3.73. The number of hydrogen-bond acceptors (Lipinski definition) is 3. The number of hydrogen-bond donors (Lipinski definition) is 1. The molecular formula is C14H23NO2S. The molecular weight excluding hydrogens is 246 g/mol. The molecule has 1 aromatic carbocycles. The summed E-state index contributed by atoms with van der Waals surface area (Å²) >= 11 is 0. The van der Waals surface area contributed by atoms with E-state index in [1.807, 2.05) is 13.0 Å². The van der Waals surface area contributed by atoms with Gasteiger partial charge in [0.25, 0.3) is 0 Å². The van der Waals surface area contributed by atoms with Crippen LogP contribution in [0.15, 0.2) is 23.1 Å². The molecule has 1 unspecified atom stereocenters. The molecule has 0 aliphatic rings. The Labute approximate surface area is 111 Å². The Bertz CT molecular complexity index is 507. The molecule has 0 heterocycles. The zero-order valence-corrected chi connectivity index (χ0v) is 12.6. The fraction of sp³-hybridized carbons (Fsp3) is 0.571. The van der Waals surface area contributed by atoms with Crippen LogP contribution in [0.5, 0.6) is 0 Å². The number of aryl methyl sites for hydroxylation is 1. The third-order valence-corrected chi connectivity index (χ3v) is 4.33. The molecule has 0 aromatic heterocycles. The standard InChI is InChI=1S/C14H23NO2S/c1-6-13(10(2)3)15-14-9-12(18(5,16)17)8-7-11(14)4/h7-10,13,15H,6H2,1-5H3. The molecule has 1 aromatic rings. The summed E-state index contributed by atoms with van der Waals surface area (Å²) in [5.74, 6) is 0.510. The van der Waals surface area contributed by atoms with Crippen LogP contribution in [0, 0.1) is 12.8 Å². The van der Waals surface area contributed by atoms with Crippen LogP contribution in [0.1, 0.15) is 32.8 Å². The summed E-state index contributed by atoms with van der Waals surface area (Å²) in [6, 6.07) is 5.60. The molecule has 0 fully saturated rings. The Hall–Kier alpha value is -1.03. The van der Waals surface area contributed by atoms with Crippen molar-refractivity contribution in [3.05, 3.63) is 23.8 Å². The van der Waals surface area contributed by atoms with Crippen molar-refractivity contribution in [1.82, 2.24) is 0 Å². The Morgan fingerprint density at radius 2 is 1.89 bits per heavy atom. The van der Waals surface area contributed by atoms with Crippen LogP contribution in [-0.4, -0.2) is 20.7 Å². The summed E-state index contributed by atoms with van der Waals surface area (Å²) in [7, 11) is -3.14. The summed E-state index contributed by atoms with van der Waals surface area (Å²) in [4.78, 5) is 0.370. The Morgan fingerprint density at radius 1 is 1.28 bits per heavy atom. The summed E-state index contributed by atoms with van der Waals surface area (Å²) in [5, 5.41) is 3.44. The molecule has 0 bridgehead atoms. The Kier molecular flexibility index (Phi) is 4.79. The lowest BCUT2D eigenvalue weighted by Gasteiger charge is -2.23. The van der Waals surface area contributed by atoms with Crippen LogP contribution in [0.25, 0.3) is 0 Å². The van der Waals surface area contributed by atoms with Crippen LogP contribution in [0.3, 0.4) is 0 Å². The molecule has 102 valence electrons. The smallest absolute Gasteiger partial charge is 0.175 e. The van der Waals surface area contributed by atoms with Gasteiger partial charge in [0.2, 0.25) is 0 Å². The van der Waals surface area contributed by atoms with Gasteiger partial charge in [-0.25, -0.2) is 8.42 Å². The topological polar surface area (TPSA) is 46.2 Å². The predicted molar refractivity (Wildman–Crippen MR) is 76.8 cm³/mol. The van der Waals surface area contributed by atoms with E-state index in [0.29, 0.717) is 16.9 Å². The van der Waals surface area contributed by atoms with Crippen molar-refractivity contribution in [2.45, 2.75) is 45.1 Å². The van der Waals surface area contributed by atoms with E-state index in [-0.39, 0.29) is 0 Å².